The first-order valence-electron chi connectivity index (χ1n) is 12.2. The number of nitrogens with two attached hydrogens (primary N) is 3. The maximum Gasteiger partial charge on any atom is 0.326 e. The number of aromatic nitrogens is 2. The van der Waals surface area contributed by atoms with Crippen molar-refractivity contribution < 1.29 is 29.4 Å². The van der Waals surface area contributed by atoms with Crippen LogP contribution in [0.5, 0.6) is 5.75 Å². The Labute approximate surface area is 224 Å². The molecule has 2 aromatic rings. The largest absolute Gasteiger partial charge is 0.508 e. The summed E-state index contributed by atoms with van der Waals surface area (Å²) in [7, 11) is 0. The monoisotopic (exact) mass is 545 g/mol. The molecule has 0 radical (unpaired) electrons. The number of carbonyl (C=O) groups excluding carboxylic acids is 3. The number of phenolic OH excluding ortho intramolecular Hbond substituents is 1. The highest BCUT2D eigenvalue weighted by Crippen LogP contribution is 2.12. The number of aromatic amines is 1. The van der Waals surface area contributed by atoms with Crippen molar-refractivity contribution in [3.8, 4) is 5.75 Å². The first-order valence-corrected chi connectivity index (χ1v) is 12.2. The van der Waals surface area contributed by atoms with Crippen LogP contribution in [0.15, 0.2) is 41.8 Å². The number of aliphatic carboxylic acids is 1. The molecule has 0 aliphatic heterocycles. The third-order valence-electron chi connectivity index (χ3n) is 5.59. The molecule has 15 nitrogen and oxygen atoms in total. The van der Waals surface area contributed by atoms with Gasteiger partial charge in [0.2, 0.25) is 17.7 Å². The van der Waals surface area contributed by atoms with Gasteiger partial charge in [-0.15, -0.1) is 0 Å². The number of carboxylic acid groups (broad SMARTS) is 1. The van der Waals surface area contributed by atoms with E-state index in [1.54, 1.807) is 12.1 Å². The zero-order valence-corrected chi connectivity index (χ0v) is 21.5. The van der Waals surface area contributed by atoms with Gasteiger partial charge in [0, 0.05) is 31.3 Å². The molecule has 1 heterocycles. The molecule has 0 bridgehead atoms. The zero-order valence-electron chi connectivity index (χ0n) is 21.5. The number of hydrogen-bond acceptors (Lipinski definition) is 8. The van der Waals surface area contributed by atoms with Crippen molar-refractivity contribution in [2.45, 2.75) is 56.8 Å². The van der Waals surface area contributed by atoms with E-state index in [0.29, 0.717) is 11.3 Å². The van der Waals surface area contributed by atoms with Crippen molar-refractivity contribution in [3.63, 3.8) is 0 Å². The van der Waals surface area contributed by atoms with Gasteiger partial charge in [-0.25, -0.2) is 9.78 Å². The van der Waals surface area contributed by atoms with E-state index in [0.717, 1.165) is 0 Å². The molecule has 0 saturated carbocycles. The van der Waals surface area contributed by atoms with Crippen LogP contribution in [0.2, 0.25) is 0 Å². The molecular weight excluding hydrogens is 510 g/mol. The average molecular weight is 546 g/mol. The number of rotatable bonds is 15. The Morgan fingerprint density at radius 2 is 1.56 bits per heavy atom. The summed E-state index contributed by atoms with van der Waals surface area (Å²) < 4.78 is 0. The molecule has 3 amide bonds. The maximum atomic E-state index is 13.3. The molecular formula is C24H35N9O6. The Bertz CT molecular complexity index is 1130. The number of imidazole rings is 1. The fourth-order valence-electron chi connectivity index (χ4n) is 3.51. The Morgan fingerprint density at radius 1 is 0.974 bits per heavy atom. The van der Waals surface area contributed by atoms with Crippen molar-refractivity contribution in [2.75, 3.05) is 6.54 Å². The van der Waals surface area contributed by atoms with E-state index in [1.807, 2.05) is 0 Å². The van der Waals surface area contributed by atoms with Crippen LogP contribution < -0.4 is 33.2 Å². The van der Waals surface area contributed by atoms with Crippen molar-refractivity contribution >= 4 is 29.7 Å². The number of H-pyrrole nitrogens is 1. The summed E-state index contributed by atoms with van der Waals surface area (Å²) in [6, 6.07) is 1.45. The Kier molecular flexibility index (Phi) is 11.7. The molecule has 0 aliphatic rings. The molecule has 39 heavy (non-hydrogen) atoms. The number of aromatic hydroxyl groups is 1. The van der Waals surface area contributed by atoms with Crippen LogP contribution in [0.25, 0.3) is 0 Å². The molecule has 0 aliphatic carbocycles. The van der Waals surface area contributed by atoms with E-state index in [4.69, 9.17) is 17.2 Å². The molecule has 1 aromatic carbocycles. The van der Waals surface area contributed by atoms with Crippen LogP contribution in [0.4, 0.5) is 0 Å². The maximum absolute atomic E-state index is 13.3. The van der Waals surface area contributed by atoms with Gasteiger partial charge in [-0.2, -0.15) is 0 Å². The fourth-order valence-corrected chi connectivity index (χ4v) is 3.51. The molecule has 4 unspecified atom stereocenters. The average Bonchev–Trinajstić information content (AvgIpc) is 3.39. The summed E-state index contributed by atoms with van der Waals surface area (Å²) in [5.74, 6) is -3.44. The van der Waals surface area contributed by atoms with Crippen molar-refractivity contribution in [1.82, 2.24) is 25.9 Å². The highest BCUT2D eigenvalue weighted by molar-refractivity contribution is 5.94. The minimum atomic E-state index is -1.27. The first-order chi connectivity index (χ1) is 18.5. The van der Waals surface area contributed by atoms with Gasteiger partial charge in [0.15, 0.2) is 5.96 Å². The molecule has 2 rings (SSSR count). The predicted octanol–water partition coefficient (Wildman–Crippen LogP) is -2.16. The van der Waals surface area contributed by atoms with Crippen LogP contribution in [0, 0.1) is 0 Å². The second kappa shape index (κ2) is 14.9. The van der Waals surface area contributed by atoms with E-state index < -0.39 is 47.9 Å². The number of nitrogens with zero attached hydrogens (tertiary/aromatic N) is 2. The number of benzene rings is 1. The van der Waals surface area contributed by atoms with Crippen LogP contribution in [0.1, 0.15) is 31.0 Å². The summed E-state index contributed by atoms with van der Waals surface area (Å²) in [6.07, 6.45) is 3.21. The van der Waals surface area contributed by atoms with Gasteiger partial charge in [-0.1, -0.05) is 12.1 Å². The summed E-state index contributed by atoms with van der Waals surface area (Å²) in [5, 5.41) is 26.8. The van der Waals surface area contributed by atoms with Gasteiger partial charge in [0.05, 0.1) is 12.4 Å². The summed E-state index contributed by atoms with van der Waals surface area (Å²) in [5.41, 5.74) is 17.3. The molecule has 1 aromatic heterocycles. The van der Waals surface area contributed by atoms with E-state index in [2.05, 4.69) is 30.9 Å². The number of guanidine groups is 1. The Hall–Kier alpha value is -4.66. The number of nitrogens with one attached hydrogen (secondary N) is 4. The van der Waals surface area contributed by atoms with Gasteiger partial charge < -0.3 is 48.3 Å². The molecule has 0 fully saturated rings. The van der Waals surface area contributed by atoms with Gasteiger partial charge in [0.25, 0.3) is 0 Å². The molecule has 0 saturated heterocycles. The lowest BCUT2D eigenvalue weighted by atomic mass is 10.0. The van der Waals surface area contributed by atoms with Crippen LogP contribution in [0.3, 0.4) is 0 Å². The fraction of sp³-hybridized carbons (Fsp3) is 0.417. The number of carboxylic acids is 1. The molecule has 12 N–H and O–H groups in total. The van der Waals surface area contributed by atoms with Gasteiger partial charge in [-0.3, -0.25) is 19.4 Å². The SMILES string of the molecule is CC(N)C(=O)NC(Cc1cnc[nH]1)C(=O)NC(Cc1ccc(O)cc1)C(=O)NC(CCCN=C(N)N)C(=O)O. The van der Waals surface area contributed by atoms with Crippen LogP contribution in [-0.2, 0) is 32.0 Å². The minimum Gasteiger partial charge on any atom is -0.508 e. The predicted molar refractivity (Wildman–Crippen MR) is 141 cm³/mol. The smallest absolute Gasteiger partial charge is 0.326 e. The third kappa shape index (κ3) is 10.7. The number of phenols is 1. The highest BCUT2D eigenvalue weighted by atomic mass is 16.4. The number of amides is 3. The third-order valence-corrected chi connectivity index (χ3v) is 5.59. The van der Waals surface area contributed by atoms with E-state index >= 15 is 0 Å². The van der Waals surface area contributed by atoms with Gasteiger partial charge in [0.1, 0.15) is 23.9 Å². The molecule has 4 atom stereocenters. The van der Waals surface area contributed by atoms with Crippen LogP contribution in [-0.4, -0.2) is 80.5 Å². The summed E-state index contributed by atoms with van der Waals surface area (Å²) >= 11 is 0. The van der Waals surface area contributed by atoms with Crippen LogP contribution >= 0.6 is 0 Å². The number of aliphatic imine (C=N–C) groups is 1. The lowest BCUT2D eigenvalue weighted by Crippen LogP contribution is -2.58. The quantitative estimate of drug-likeness (QED) is 0.0664. The normalized spacial score (nSPS) is 13.8. The topological polar surface area (TPSA) is 264 Å². The zero-order chi connectivity index (χ0) is 28.9. The second-order valence-corrected chi connectivity index (χ2v) is 8.91. The summed E-state index contributed by atoms with van der Waals surface area (Å²) in [6.45, 7) is 1.63. The van der Waals surface area contributed by atoms with Crippen molar-refractivity contribution in [1.29, 1.82) is 0 Å². The minimum absolute atomic E-state index is 0.00809. The van der Waals surface area contributed by atoms with E-state index in [1.165, 1.54) is 31.6 Å². The Balaban J connectivity index is 2.24. The molecule has 212 valence electrons. The number of hydrogen-bond donors (Lipinski definition) is 9. The van der Waals surface area contributed by atoms with Gasteiger partial charge in [-0.05, 0) is 37.5 Å². The summed E-state index contributed by atoms with van der Waals surface area (Å²) in [4.78, 5) is 61.2. The standard InChI is InChI=1S/C24H35N9O6/c1-13(25)20(35)32-19(10-15-11-28-12-30-15)22(37)33-18(9-14-4-6-16(34)7-5-14)21(36)31-17(23(38)39)3-2-8-29-24(26)27/h4-7,11-13,17-19,34H,2-3,8-10,25H2,1H3,(H,28,30)(H,31,36)(H,32,35)(H,33,37)(H,38,39)(H4,26,27,29). The van der Waals surface area contributed by atoms with E-state index in [9.17, 15) is 29.4 Å². The first kappa shape index (κ1) is 30.6. The van der Waals surface area contributed by atoms with E-state index in [-0.39, 0.29) is 43.9 Å². The van der Waals surface area contributed by atoms with Crippen molar-refractivity contribution in [3.05, 3.63) is 48.0 Å². The highest BCUT2D eigenvalue weighted by Gasteiger charge is 2.30. The second-order valence-electron chi connectivity index (χ2n) is 8.91. The molecule has 15 heteroatoms. The van der Waals surface area contributed by atoms with Crippen molar-refractivity contribution in [2.24, 2.45) is 22.2 Å². The lowest BCUT2D eigenvalue weighted by molar-refractivity contribution is -0.142. The Morgan fingerprint density at radius 3 is 2.10 bits per heavy atom. The lowest BCUT2D eigenvalue weighted by Gasteiger charge is -2.25. The number of carbonyl (C=O) groups is 4. The molecule has 0 spiro atoms. The van der Waals surface area contributed by atoms with Gasteiger partial charge >= 0.3 is 5.97 Å².